The van der Waals surface area contributed by atoms with Gasteiger partial charge in [0.05, 0.1) is 0 Å². The first-order valence-corrected chi connectivity index (χ1v) is 5.67. The van der Waals surface area contributed by atoms with Gasteiger partial charge >= 0.3 is 6.47 Å². The second kappa shape index (κ2) is 4.81. The Kier molecular flexibility index (Phi) is 3.97. The van der Waals surface area contributed by atoms with Gasteiger partial charge in [0.25, 0.3) is 0 Å². The summed E-state index contributed by atoms with van der Waals surface area (Å²) in [4.78, 5) is 10.3. The normalized spacial score (nSPS) is 31.9. The topological polar surface area (TPSA) is 26.3 Å². The summed E-state index contributed by atoms with van der Waals surface area (Å²) in [5.74, 6) is 1.37. The van der Waals surface area contributed by atoms with E-state index in [4.69, 9.17) is 4.74 Å². The molecule has 0 heterocycles. The zero-order chi connectivity index (χ0) is 10.6. The Morgan fingerprint density at radius 2 is 1.93 bits per heavy atom. The Balaban J connectivity index is 2.56. The van der Waals surface area contributed by atoms with Crippen LogP contribution in [0.2, 0.25) is 0 Å². The lowest BCUT2D eigenvalue weighted by Crippen LogP contribution is -2.38. The number of carbonyl (C=O) groups excluding carboxylic acids is 1. The van der Waals surface area contributed by atoms with Crippen LogP contribution >= 0.6 is 0 Å². The Morgan fingerprint density at radius 3 is 2.36 bits per heavy atom. The molecule has 0 amide bonds. The summed E-state index contributed by atoms with van der Waals surface area (Å²) >= 11 is 0. The van der Waals surface area contributed by atoms with Crippen molar-refractivity contribution >= 4 is 6.47 Å². The molecular weight excluding hydrogens is 176 g/mol. The highest BCUT2D eigenvalue weighted by Crippen LogP contribution is 2.38. The molecule has 0 aromatic carbocycles. The summed E-state index contributed by atoms with van der Waals surface area (Å²) in [6.45, 7) is 8.03. The van der Waals surface area contributed by atoms with Crippen LogP contribution in [0, 0.1) is 11.8 Å². The summed E-state index contributed by atoms with van der Waals surface area (Å²) < 4.78 is 5.15. The maximum atomic E-state index is 10.3. The fourth-order valence-corrected chi connectivity index (χ4v) is 2.41. The monoisotopic (exact) mass is 197 g/mol. The van der Waals surface area contributed by atoms with Crippen molar-refractivity contribution in [2.45, 2.75) is 58.5 Å². The minimum atomic E-state index is -0.276. The van der Waals surface area contributed by atoms with Gasteiger partial charge in [0.1, 0.15) is 5.60 Å². The molecular formula is C12H21O2. The standard InChI is InChI=1S/C12H21O2/c1-4-12(3,14-9-13)11-7-5-10(2)6-8-11/h10-11H,4-8H2,1-3H3. The van der Waals surface area contributed by atoms with Gasteiger partial charge in [-0.15, -0.1) is 0 Å². The number of rotatable bonds is 4. The molecule has 81 valence electrons. The van der Waals surface area contributed by atoms with E-state index < -0.39 is 0 Å². The average molecular weight is 197 g/mol. The highest BCUT2D eigenvalue weighted by atomic mass is 16.5. The molecule has 0 bridgehead atoms. The van der Waals surface area contributed by atoms with Gasteiger partial charge in [-0.25, -0.2) is 4.79 Å². The highest BCUT2D eigenvalue weighted by Gasteiger charge is 2.36. The predicted octanol–water partition coefficient (Wildman–Crippen LogP) is 3.07. The Bertz CT molecular complexity index is 183. The van der Waals surface area contributed by atoms with Gasteiger partial charge in [0, 0.05) is 0 Å². The highest BCUT2D eigenvalue weighted by molar-refractivity contribution is 5.39. The van der Waals surface area contributed by atoms with Crippen LogP contribution in [0.3, 0.4) is 0 Å². The first-order chi connectivity index (χ1) is 6.62. The number of ether oxygens (including phenoxy) is 1. The Morgan fingerprint density at radius 1 is 1.36 bits per heavy atom. The van der Waals surface area contributed by atoms with E-state index in [-0.39, 0.29) is 5.60 Å². The van der Waals surface area contributed by atoms with E-state index in [1.807, 2.05) is 6.92 Å². The molecule has 0 N–H and O–H groups in total. The molecule has 1 fully saturated rings. The summed E-state index contributed by atoms with van der Waals surface area (Å²) in [5.41, 5.74) is -0.276. The van der Waals surface area contributed by atoms with Gasteiger partial charge in [-0.2, -0.15) is 0 Å². The summed E-state index contributed by atoms with van der Waals surface area (Å²) in [6.07, 6.45) is 5.80. The minimum Gasteiger partial charge on any atom is -0.451 e. The lowest BCUT2D eigenvalue weighted by molar-refractivity contribution is -0.0136. The third-order valence-electron chi connectivity index (χ3n) is 3.86. The first-order valence-electron chi connectivity index (χ1n) is 5.67. The quantitative estimate of drug-likeness (QED) is 0.692. The molecule has 1 aliphatic rings. The molecule has 1 aliphatic carbocycles. The van der Waals surface area contributed by atoms with Crippen molar-refractivity contribution in [1.82, 2.24) is 0 Å². The maximum Gasteiger partial charge on any atom is 0.418 e. The smallest absolute Gasteiger partial charge is 0.418 e. The van der Waals surface area contributed by atoms with Crippen LogP contribution in [0.5, 0.6) is 0 Å². The number of hydrogen-bond acceptors (Lipinski definition) is 2. The molecule has 0 saturated heterocycles. The van der Waals surface area contributed by atoms with Gasteiger partial charge in [-0.05, 0) is 38.0 Å². The molecule has 0 aromatic heterocycles. The first kappa shape index (κ1) is 11.5. The van der Waals surface area contributed by atoms with E-state index in [1.54, 1.807) is 6.47 Å². The van der Waals surface area contributed by atoms with E-state index in [2.05, 4.69) is 13.8 Å². The van der Waals surface area contributed by atoms with Gasteiger partial charge in [-0.3, -0.25) is 0 Å². The summed E-state index contributed by atoms with van der Waals surface area (Å²) in [5, 5.41) is 0. The lowest BCUT2D eigenvalue weighted by Gasteiger charge is -2.38. The second-order valence-corrected chi connectivity index (χ2v) is 4.81. The molecule has 2 heteroatoms. The maximum absolute atomic E-state index is 10.3. The summed E-state index contributed by atoms with van der Waals surface area (Å²) in [7, 11) is 0. The molecule has 1 radical (unpaired) electrons. The van der Waals surface area contributed by atoms with E-state index in [0.717, 1.165) is 12.3 Å². The van der Waals surface area contributed by atoms with E-state index >= 15 is 0 Å². The molecule has 1 saturated carbocycles. The van der Waals surface area contributed by atoms with Gasteiger partial charge in [0.15, 0.2) is 0 Å². The van der Waals surface area contributed by atoms with E-state index in [9.17, 15) is 4.79 Å². The molecule has 1 atom stereocenters. The van der Waals surface area contributed by atoms with Crippen molar-refractivity contribution < 1.29 is 9.53 Å². The van der Waals surface area contributed by atoms with Crippen molar-refractivity contribution in [3.63, 3.8) is 0 Å². The van der Waals surface area contributed by atoms with Crippen LogP contribution in [0.1, 0.15) is 52.9 Å². The zero-order valence-electron chi connectivity index (χ0n) is 9.51. The van der Waals surface area contributed by atoms with Crippen LogP contribution in [-0.2, 0) is 9.53 Å². The fraction of sp³-hybridized carbons (Fsp3) is 0.917. The van der Waals surface area contributed by atoms with Crippen LogP contribution in [-0.4, -0.2) is 12.1 Å². The average Bonchev–Trinajstić information content (AvgIpc) is 2.19. The van der Waals surface area contributed by atoms with E-state index in [1.165, 1.54) is 25.7 Å². The largest absolute Gasteiger partial charge is 0.451 e. The zero-order valence-corrected chi connectivity index (χ0v) is 9.51. The summed E-state index contributed by atoms with van der Waals surface area (Å²) in [6, 6.07) is 0. The lowest BCUT2D eigenvalue weighted by atomic mass is 9.73. The molecule has 1 unspecified atom stereocenters. The van der Waals surface area contributed by atoms with E-state index in [0.29, 0.717) is 5.92 Å². The van der Waals surface area contributed by atoms with Crippen LogP contribution in [0.4, 0.5) is 0 Å². The Hall–Kier alpha value is -0.530. The predicted molar refractivity (Wildman–Crippen MR) is 56.6 cm³/mol. The fourth-order valence-electron chi connectivity index (χ4n) is 2.41. The molecule has 0 aliphatic heterocycles. The van der Waals surface area contributed by atoms with Crippen molar-refractivity contribution in [3.8, 4) is 0 Å². The SMILES string of the molecule is CCC(C)(O[C]=O)C1CCC(C)CC1. The third kappa shape index (κ3) is 2.49. The van der Waals surface area contributed by atoms with Crippen molar-refractivity contribution in [2.24, 2.45) is 11.8 Å². The van der Waals surface area contributed by atoms with Crippen molar-refractivity contribution in [3.05, 3.63) is 0 Å². The third-order valence-corrected chi connectivity index (χ3v) is 3.86. The molecule has 2 nitrogen and oxygen atoms in total. The molecule has 14 heavy (non-hydrogen) atoms. The van der Waals surface area contributed by atoms with Gasteiger partial charge in [-0.1, -0.05) is 26.7 Å². The van der Waals surface area contributed by atoms with Gasteiger partial charge < -0.3 is 4.74 Å². The minimum absolute atomic E-state index is 0.276. The Labute approximate surface area is 87.0 Å². The van der Waals surface area contributed by atoms with Crippen LogP contribution in [0.25, 0.3) is 0 Å². The molecule has 0 spiro atoms. The van der Waals surface area contributed by atoms with Gasteiger partial charge in [0.2, 0.25) is 0 Å². The van der Waals surface area contributed by atoms with Crippen molar-refractivity contribution in [1.29, 1.82) is 0 Å². The second-order valence-electron chi connectivity index (χ2n) is 4.81. The molecule has 1 rings (SSSR count). The van der Waals surface area contributed by atoms with Crippen LogP contribution < -0.4 is 0 Å². The van der Waals surface area contributed by atoms with Crippen molar-refractivity contribution in [2.75, 3.05) is 0 Å². The molecule has 0 aromatic rings. The number of hydrogen-bond donors (Lipinski definition) is 0. The van der Waals surface area contributed by atoms with Crippen LogP contribution in [0.15, 0.2) is 0 Å².